The Morgan fingerprint density at radius 3 is 2.46 bits per heavy atom. The molecule has 0 amide bonds. The Labute approximate surface area is 143 Å². The fourth-order valence-electron chi connectivity index (χ4n) is 2.00. The van der Waals surface area contributed by atoms with Crippen LogP contribution in [-0.2, 0) is 26.1 Å². The summed E-state index contributed by atoms with van der Waals surface area (Å²) in [6.07, 6.45) is 1.24. The van der Waals surface area contributed by atoms with E-state index in [0.29, 0.717) is 12.1 Å². The summed E-state index contributed by atoms with van der Waals surface area (Å²) < 4.78 is 32.6. The summed E-state index contributed by atoms with van der Waals surface area (Å²) in [6.45, 7) is 8.49. The molecule has 0 radical (unpaired) electrons. The van der Waals surface area contributed by atoms with Crippen molar-refractivity contribution >= 4 is 21.7 Å². The molecule has 0 atom stereocenters. The zero-order valence-corrected chi connectivity index (χ0v) is 15.7. The van der Waals surface area contributed by atoms with E-state index in [0.717, 1.165) is 6.42 Å². The molecule has 0 aliphatic carbocycles. The Balaban J connectivity index is 3.04. The van der Waals surface area contributed by atoms with E-state index in [9.17, 15) is 18.0 Å². The van der Waals surface area contributed by atoms with E-state index in [1.54, 1.807) is 33.8 Å². The largest absolute Gasteiger partial charge is 0.459 e. The second kappa shape index (κ2) is 7.83. The van der Waals surface area contributed by atoms with Gasteiger partial charge in [0.2, 0.25) is 10.0 Å². The molecule has 0 aliphatic heterocycles. The highest BCUT2D eigenvalue weighted by Gasteiger charge is 2.19. The molecule has 0 unspecified atom stereocenters. The molecule has 8 heteroatoms. The number of sulfonamides is 1. The maximum absolute atomic E-state index is 12.5. The van der Waals surface area contributed by atoms with E-state index in [1.165, 1.54) is 10.6 Å². The van der Waals surface area contributed by atoms with Crippen LogP contribution in [0.1, 0.15) is 46.2 Å². The van der Waals surface area contributed by atoms with Gasteiger partial charge in [0.1, 0.15) is 17.8 Å². The van der Waals surface area contributed by atoms with Gasteiger partial charge in [-0.25, -0.2) is 8.42 Å². The summed E-state index contributed by atoms with van der Waals surface area (Å²) in [4.78, 5) is 24.4. The second-order valence-corrected chi connectivity index (χ2v) is 8.48. The third kappa shape index (κ3) is 6.35. The number of nitrogens with one attached hydrogen (secondary N) is 1. The lowest BCUT2D eigenvalue weighted by atomic mass is 10.2. The first kappa shape index (κ1) is 20.2. The molecule has 24 heavy (non-hydrogen) atoms. The number of hydrogen-bond acceptors (Lipinski definition) is 5. The molecular formula is C16H26N2O5S. The summed E-state index contributed by atoms with van der Waals surface area (Å²) in [6, 6.07) is 3.00. The molecule has 1 rings (SSSR count). The maximum atomic E-state index is 12.5. The summed E-state index contributed by atoms with van der Waals surface area (Å²) in [7, 11) is -3.59. The van der Waals surface area contributed by atoms with Gasteiger partial charge in [0.15, 0.2) is 0 Å². The lowest BCUT2D eigenvalue weighted by Gasteiger charge is -2.20. The van der Waals surface area contributed by atoms with Crippen LogP contribution in [0, 0.1) is 6.92 Å². The van der Waals surface area contributed by atoms with Crippen molar-refractivity contribution in [1.29, 1.82) is 0 Å². The fraction of sp³-hybridized carbons (Fsp3) is 0.625. The van der Waals surface area contributed by atoms with Crippen LogP contribution in [0.3, 0.4) is 0 Å². The van der Waals surface area contributed by atoms with Crippen LogP contribution in [-0.4, -0.2) is 30.3 Å². The molecule has 0 saturated carbocycles. The van der Waals surface area contributed by atoms with E-state index in [2.05, 4.69) is 4.72 Å². The predicted octanol–water partition coefficient (Wildman–Crippen LogP) is 2.04. The van der Waals surface area contributed by atoms with Gasteiger partial charge < -0.3 is 4.74 Å². The van der Waals surface area contributed by atoms with Gasteiger partial charge >= 0.3 is 5.97 Å². The molecule has 7 nitrogen and oxygen atoms in total. The quantitative estimate of drug-likeness (QED) is 0.753. The lowest BCUT2D eigenvalue weighted by Crippen LogP contribution is -2.33. The van der Waals surface area contributed by atoms with Gasteiger partial charge in [-0.3, -0.25) is 18.9 Å². The van der Waals surface area contributed by atoms with Crippen LogP contribution in [0.5, 0.6) is 0 Å². The molecule has 1 aromatic heterocycles. The molecule has 0 aromatic carbocycles. The van der Waals surface area contributed by atoms with E-state index in [-0.39, 0.29) is 18.0 Å². The number of carbonyl (C=O) groups is 1. The summed E-state index contributed by atoms with van der Waals surface area (Å²) >= 11 is 0. The average Bonchev–Trinajstić information content (AvgIpc) is 2.42. The highest BCUT2D eigenvalue weighted by molar-refractivity contribution is 7.92. The molecule has 0 spiro atoms. The fourth-order valence-corrected chi connectivity index (χ4v) is 3.26. The van der Waals surface area contributed by atoms with Crippen molar-refractivity contribution in [3.8, 4) is 0 Å². The topological polar surface area (TPSA) is 94.5 Å². The Kier molecular flexibility index (Phi) is 6.59. The Morgan fingerprint density at radius 1 is 1.29 bits per heavy atom. The minimum atomic E-state index is -3.59. The Morgan fingerprint density at radius 2 is 1.92 bits per heavy atom. The normalized spacial score (nSPS) is 12.0. The molecule has 0 aliphatic rings. The van der Waals surface area contributed by atoms with Gasteiger partial charge in [-0.05, 0) is 46.2 Å². The van der Waals surface area contributed by atoms with E-state index >= 15 is 0 Å². The standard InChI is InChI=1S/C16H26N2O5S/c1-6-7-10-24(21,22)17-13-9-8-12(2)18(15(13)20)11-14(19)23-16(3,4)5/h8-9,17H,6-7,10-11H2,1-5H3. The molecule has 0 bridgehead atoms. The minimum Gasteiger partial charge on any atom is -0.459 e. The summed E-state index contributed by atoms with van der Waals surface area (Å²) in [5, 5.41) is 0. The van der Waals surface area contributed by atoms with Crippen LogP contribution < -0.4 is 10.3 Å². The van der Waals surface area contributed by atoms with Crippen LogP contribution >= 0.6 is 0 Å². The number of nitrogens with zero attached hydrogens (tertiary/aromatic N) is 1. The number of ether oxygens (including phenoxy) is 1. The number of aryl methyl sites for hydroxylation is 1. The monoisotopic (exact) mass is 358 g/mol. The molecule has 0 saturated heterocycles. The van der Waals surface area contributed by atoms with Crippen LogP contribution in [0.2, 0.25) is 0 Å². The van der Waals surface area contributed by atoms with Crippen LogP contribution in [0.25, 0.3) is 0 Å². The third-order valence-corrected chi connectivity index (χ3v) is 4.49. The van der Waals surface area contributed by atoms with Gasteiger partial charge in [-0.2, -0.15) is 0 Å². The first-order valence-electron chi connectivity index (χ1n) is 7.88. The van der Waals surface area contributed by atoms with Gasteiger partial charge in [0.05, 0.1) is 5.75 Å². The molecule has 136 valence electrons. The van der Waals surface area contributed by atoms with Crippen molar-refractivity contribution in [2.45, 2.75) is 59.6 Å². The lowest BCUT2D eigenvalue weighted by molar-refractivity contribution is -0.155. The highest BCUT2D eigenvalue weighted by Crippen LogP contribution is 2.10. The zero-order valence-electron chi connectivity index (χ0n) is 14.9. The Hall–Kier alpha value is -1.83. The van der Waals surface area contributed by atoms with Crippen LogP contribution in [0.4, 0.5) is 5.69 Å². The number of esters is 1. The number of rotatable bonds is 7. The molecule has 1 aromatic rings. The van der Waals surface area contributed by atoms with Gasteiger partial charge in [0, 0.05) is 5.69 Å². The van der Waals surface area contributed by atoms with E-state index in [4.69, 9.17) is 4.74 Å². The van der Waals surface area contributed by atoms with Crippen molar-refractivity contribution in [3.63, 3.8) is 0 Å². The van der Waals surface area contributed by atoms with E-state index in [1.807, 2.05) is 6.92 Å². The van der Waals surface area contributed by atoms with Crippen molar-refractivity contribution in [3.05, 3.63) is 28.2 Å². The number of pyridine rings is 1. The smallest absolute Gasteiger partial charge is 0.326 e. The Bertz CT molecular complexity index is 745. The number of hydrogen-bond donors (Lipinski definition) is 1. The minimum absolute atomic E-state index is 0.0527. The van der Waals surface area contributed by atoms with Gasteiger partial charge in [-0.1, -0.05) is 13.3 Å². The number of carbonyl (C=O) groups excluding carboxylic acids is 1. The first-order valence-corrected chi connectivity index (χ1v) is 9.53. The second-order valence-electron chi connectivity index (χ2n) is 6.64. The molecule has 1 heterocycles. The first-order chi connectivity index (χ1) is 10.9. The summed E-state index contributed by atoms with van der Waals surface area (Å²) in [5.74, 6) is -0.609. The highest BCUT2D eigenvalue weighted by atomic mass is 32.2. The van der Waals surface area contributed by atoms with Crippen molar-refractivity contribution < 1.29 is 17.9 Å². The van der Waals surface area contributed by atoms with Gasteiger partial charge in [-0.15, -0.1) is 0 Å². The zero-order chi connectivity index (χ0) is 18.5. The third-order valence-electron chi connectivity index (χ3n) is 3.13. The van der Waals surface area contributed by atoms with Crippen LogP contribution in [0.15, 0.2) is 16.9 Å². The summed E-state index contributed by atoms with van der Waals surface area (Å²) in [5.41, 5.74) is -0.753. The van der Waals surface area contributed by atoms with Gasteiger partial charge in [0.25, 0.3) is 5.56 Å². The molecule has 0 fully saturated rings. The van der Waals surface area contributed by atoms with Crippen molar-refractivity contribution in [1.82, 2.24) is 4.57 Å². The number of anilines is 1. The average molecular weight is 358 g/mol. The predicted molar refractivity (Wildman–Crippen MR) is 93.6 cm³/mol. The van der Waals surface area contributed by atoms with Crippen molar-refractivity contribution in [2.75, 3.05) is 10.5 Å². The number of aromatic nitrogens is 1. The number of unbranched alkanes of at least 4 members (excludes halogenated alkanes) is 1. The SMILES string of the molecule is CCCCS(=O)(=O)Nc1ccc(C)n(CC(=O)OC(C)(C)C)c1=O. The van der Waals surface area contributed by atoms with E-state index < -0.39 is 27.2 Å². The maximum Gasteiger partial charge on any atom is 0.326 e. The molecule has 1 N–H and O–H groups in total. The molecular weight excluding hydrogens is 332 g/mol. The van der Waals surface area contributed by atoms with Crippen molar-refractivity contribution in [2.24, 2.45) is 0 Å².